The van der Waals surface area contributed by atoms with Gasteiger partial charge in [-0.05, 0) is 37.3 Å². The van der Waals surface area contributed by atoms with Crippen molar-refractivity contribution in [3.05, 3.63) is 53.6 Å². The lowest BCUT2D eigenvalue weighted by atomic mass is 10.1. The van der Waals surface area contributed by atoms with Crippen LogP contribution in [0.1, 0.15) is 22.3 Å². The lowest BCUT2D eigenvalue weighted by molar-refractivity contribution is -0.115. The summed E-state index contributed by atoms with van der Waals surface area (Å²) in [5, 5.41) is 0. The quantitative estimate of drug-likeness (QED) is 0.535. The fraction of sp³-hybridized carbons (Fsp3) is 0.263. The lowest BCUT2D eigenvalue weighted by Crippen LogP contribution is -2.15. The van der Waals surface area contributed by atoms with Crippen molar-refractivity contribution in [2.45, 2.75) is 18.2 Å². The number of ketones is 2. The summed E-state index contributed by atoms with van der Waals surface area (Å²) in [4.78, 5) is 24.9. The van der Waals surface area contributed by atoms with Gasteiger partial charge >= 0.3 is 0 Å². The van der Waals surface area contributed by atoms with Crippen LogP contribution in [0.3, 0.4) is 0 Å². The van der Waals surface area contributed by atoms with Crippen molar-refractivity contribution in [2.24, 2.45) is 0 Å². The highest BCUT2D eigenvalue weighted by atomic mass is 32.2. The molecule has 0 aliphatic rings. The van der Waals surface area contributed by atoms with Gasteiger partial charge in [0.15, 0.2) is 23.1 Å². The summed E-state index contributed by atoms with van der Waals surface area (Å²) in [6.45, 7) is 1.93. The summed E-state index contributed by atoms with van der Waals surface area (Å²) < 4.78 is 22.5. The molecule has 2 aromatic rings. The van der Waals surface area contributed by atoms with Gasteiger partial charge in [-0.1, -0.05) is 17.7 Å². The topological polar surface area (TPSA) is 69.7 Å². The van der Waals surface area contributed by atoms with Gasteiger partial charge in [-0.2, -0.15) is 0 Å². The van der Waals surface area contributed by atoms with Crippen LogP contribution in [-0.4, -0.2) is 35.7 Å². The molecule has 0 aliphatic heterocycles. The van der Waals surface area contributed by atoms with Crippen molar-refractivity contribution in [2.75, 3.05) is 20.0 Å². The summed E-state index contributed by atoms with van der Waals surface area (Å²) in [5.41, 5.74) is 1.41. The number of ether oxygens (including phenoxy) is 2. The molecule has 0 saturated carbocycles. The molecule has 1 unspecified atom stereocenters. The Morgan fingerprint density at radius 2 is 1.60 bits per heavy atom. The van der Waals surface area contributed by atoms with Crippen LogP contribution in [0, 0.1) is 6.92 Å². The van der Waals surface area contributed by atoms with Crippen molar-refractivity contribution in [1.29, 1.82) is 0 Å². The molecule has 2 aromatic carbocycles. The van der Waals surface area contributed by atoms with Crippen LogP contribution in [0.15, 0.2) is 47.4 Å². The van der Waals surface area contributed by atoms with E-state index in [9.17, 15) is 13.8 Å². The van der Waals surface area contributed by atoms with Gasteiger partial charge < -0.3 is 9.47 Å². The molecular formula is C19H20O5S. The Bertz CT molecular complexity index is 796. The maximum atomic E-state index is 12.3. The Labute approximate surface area is 149 Å². The van der Waals surface area contributed by atoms with Crippen molar-refractivity contribution < 1.29 is 23.3 Å². The van der Waals surface area contributed by atoms with Gasteiger partial charge in [0.2, 0.25) is 0 Å². The Kier molecular flexibility index (Phi) is 6.47. The number of rotatable bonds is 8. The van der Waals surface area contributed by atoms with Crippen LogP contribution in [0.25, 0.3) is 0 Å². The van der Waals surface area contributed by atoms with E-state index >= 15 is 0 Å². The molecule has 0 saturated heterocycles. The molecule has 0 aromatic heterocycles. The lowest BCUT2D eigenvalue weighted by Gasteiger charge is -2.09. The number of aryl methyl sites for hydroxylation is 1. The minimum absolute atomic E-state index is 0.178. The third-order valence-electron chi connectivity index (χ3n) is 3.64. The maximum Gasteiger partial charge on any atom is 0.170 e. The fourth-order valence-corrected chi connectivity index (χ4v) is 3.26. The van der Waals surface area contributed by atoms with Crippen molar-refractivity contribution in [3.8, 4) is 11.5 Å². The largest absolute Gasteiger partial charge is 0.493 e. The highest BCUT2D eigenvalue weighted by molar-refractivity contribution is 7.85. The minimum Gasteiger partial charge on any atom is -0.493 e. The summed E-state index contributed by atoms with van der Waals surface area (Å²) in [6, 6.07) is 11.9. The Morgan fingerprint density at radius 3 is 2.20 bits per heavy atom. The van der Waals surface area contributed by atoms with E-state index in [0.29, 0.717) is 22.0 Å². The Hall–Kier alpha value is -2.47. The highest BCUT2D eigenvalue weighted by Crippen LogP contribution is 2.28. The molecule has 0 radical (unpaired) electrons. The zero-order valence-electron chi connectivity index (χ0n) is 14.4. The van der Waals surface area contributed by atoms with Crippen LogP contribution < -0.4 is 9.47 Å². The molecule has 132 valence electrons. The molecule has 0 bridgehead atoms. The summed E-state index contributed by atoms with van der Waals surface area (Å²) >= 11 is 0. The first-order valence-electron chi connectivity index (χ1n) is 7.66. The predicted molar refractivity (Wildman–Crippen MR) is 96.0 cm³/mol. The van der Waals surface area contributed by atoms with E-state index in [0.717, 1.165) is 5.56 Å². The average molecular weight is 360 g/mol. The second kappa shape index (κ2) is 8.58. The van der Waals surface area contributed by atoms with Crippen molar-refractivity contribution in [3.63, 3.8) is 0 Å². The molecule has 0 N–H and O–H groups in total. The molecule has 0 fully saturated rings. The van der Waals surface area contributed by atoms with Crippen LogP contribution in [-0.2, 0) is 15.6 Å². The first kappa shape index (κ1) is 18.9. The summed E-state index contributed by atoms with van der Waals surface area (Å²) in [7, 11) is 1.53. The van der Waals surface area contributed by atoms with Gasteiger partial charge in [-0.25, -0.2) is 0 Å². The van der Waals surface area contributed by atoms with Gasteiger partial charge in [-0.15, -0.1) is 0 Å². The fourth-order valence-electron chi connectivity index (χ4n) is 2.26. The van der Waals surface area contributed by atoms with Crippen molar-refractivity contribution >= 4 is 22.4 Å². The van der Waals surface area contributed by atoms with E-state index in [1.165, 1.54) is 20.3 Å². The van der Waals surface area contributed by atoms with Gasteiger partial charge in [0.25, 0.3) is 0 Å². The van der Waals surface area contributed by atoms with Gasteiger partial charge in [0.1, 0.15) is 0 Å². The van der Waals surface area contributed by atoms with E-state index in [-0.39, 0.29) is 23.7 Å². The number of hydrogen-bond donors (Lipinski definition) is 0. The molecular weight excluding hydrogens is 340 g/mol. The number of Topliss-reactive ketones (excluding diaryl/α,β-unsaturated/α-hetero) is 2. The number of methoxy groups -OCH3 is 2. The van der Waals surface area contributed by atoms with E-state index < -0.39 is 10.8 Å². The standard InChI is InChI=1S/C19H20O5S/c1-13-4-7-16(8-5-13)25(22)12-15(20)11-17(21)14-6-9-18(23-2)19(10-14)24-3/h4-10H,11-12H2,1-3H3. The van der Waals surface area contributed by atoms with Crippen LogP contribution >= 0.6 is 0 Å². The monoisotopic (exact) mass is 360 g/mol. The summed E-state index contributed by atoms with van der Waals surface area (Å²) in [5.74, 6) is 0.0441. The smallest absolute Gasteiger partial charge is 0.170 e. The Morgan fingerprint density at radius 1 is 0.960 bits per heavy atom. The van der Waals surface area contributed by atoms with Gasteiger partial charge in [0, 0.05) is 10.5 Å². The zero-order chi connectivity index (χ0) is 18.4. The molecule has 2 rings (SSSR count). The molecule has 1 atom stereocenters. The van der Waals surface area contributed by atoms with Crippen molar-refractivity contribution in [1.82, 2.24) is 0 Å². The predicted octanol–water partition coefficient (Wildman–Crippen LogP) is 2.96. The average Bonchev–Trinajstić information content (AvgIpc) is 2.61. The second-order valence-corrected chi connectivity index (χ2v) is 6.96. The molecule has 25 heavy (non-hydrogen) atoms. The first-order valence-corrected chi connectivity index (χ1v) is 8.98. The normalized spacial score (nSPS) is 11.6. The third-order valence-corrected chi connectivity index (χ3v) is 5.02. The molecule has 6 heteroatoms. The Balaban J connectivity index is 2.01. The zero-order valence-corrected chi connectivity index (χ0v) is 15.2. The van der Waals surface area contributed by atoms with Crippen LogP contribution in [0.4, 0.5) is 0 Å². The first-order chi connectivity index (χ1) is 11.9. The number of carbonyl (C=O) groups excluding carboxylic acids is 2. The SMILES string of the molecule is COc1ccc(C(=O)CC(=O)CS(=O)c2ccc(C)cc2)cc1OC. The van der Waals surface area contributed by atoms with E-state index in [1.807, 2.05) is 19.1 Å². The van der Waals surface area contributed by atoms with Gasteiger partial charge in [0.05, 0.1) is 37.2 Å². The van der Waals surface area contributed by atoms with Gasteiger partial charge in [-0.3, -0.25) is 13.8 Å². The third kappa shape index (κ3) is 5.00. The number of hydrogen-bond acceptors (Lipinski definition) is 5. The molecule has 0 aliphatic carbocycles. The second-order valence-electron chi connectivity index (χ2n) is 5.51. The molecule has 5 nitrogen and oxygen atoms in total. The van der Waals surface area contributed by atoms with Crippen LogP contribution in [0.5, 0.6) is 11.5 Å². The summed E-state index contributed by atoms with van der Waals surface area (Å²) in [6.07, 6.45) is -0.299. The van der Waals surface area contributed by atoms with E-state index in [4.69, 9.17) is 9.47 Å². The molecule has 0 heterocycles. The maximum absolute atomic E-state index is 12.3. The molecule has 0 spiro atoms. The number of carbonyl (C=O) groups is 2. The minimum atomic E-state index is -1.45. The van der Waals surface area contributed by atoms with Crippen LogP contribution in [0.2, 0.25) is 0 Å². The van der Waals surface area contributed by atoms with E-state index in [1.54, 1.807) is 24.3 Å². The number of benzene rings is 2. The van der Waals surface area contributed by atoms with E-state index in [2.05, 4.69) is 0 Å². The highest BCUT2D eigenvalue weighted by Gasteiger charge is 2.17. The molecule has 0 amide bonds.